The first-order valence-electron chi connectivity index (χ1n) is 5.84. The molecule has 1 aromatic rings. The van der Waals surface area contributed by atoms with Gasteiger partial charge >= 0.3 is 0 Å². The van der Waals surface area contributed by atoms with Gasteiger partial charge in [-0.1, -0.05) is 13.8 Å². The molecule has 0 aliphatic heterocycles. The molecule has 0 radical (unpaired) electrons. The first-order chi connectivity index (χ1) is 8.44. The van der Waals surface area contributed by atoms with Crippen LogP contribution in [0.1, 0.15) is 30.6 Å². The van der Waals surface area contributed by atoms with E-state index in [0.29, 0.717) is 29.3 Å². The Morgan fingerprint density at radius 1 is 1.67 bits per heavy atom. The van der Waals surface area contributed by atoms with Crippen LogP contribution < -0.4 is 16.6 Å². The first kappa shape index (κ1) is 13.3. The Morgan fingerprint density at radius 2 is 2.33 bits per heavy atom. The largest absolute Gasteiger partial charge is 0.352 e. The number of anilines is 1. The van der Waals surface area contributed by atoms with Crippen LogP contribution in [-0.4, -0.2) is 17.4 Å². The molecule has 2 rings (SSSR count). The highest BCUT2D eigenvalue weighted by Gasteiger charge is 2.45. The van der Waals surface area contributed by atoms with Crippen molar-refractivity contribution in [2.75, 3.05) is 12.0 Å². The second-order valence-corrected chi connectivity index (χ2v) is 6.21. The molecule has 1 heterocycles. The Bertz CT molecular complexity index is 475. The lowest BCUT2D eigenvalue weighted by Gasteiger charge is -2.10. The number of nitrogens with one attached hydrogen (secondary N) is 2. The molecular weight excluding hydrogens is 296 g/mol. The summed E-state index contributed by atoms with van der Waals surface area (Å²) in [7, 11) is 0. The first-order valence-corrected chi connectivity index (χ1v) is 6.63. The molecular formula is C12H17BrN4O. The fourth-order valence-electron chi connectivity index (χ4n) is 1.96. The zero-order valence-corrected chi connectivity index (χ0v) is 12.0. The van der Waals surface area contributed by atoms with Crippen LogP contribution in [0.5, 0.6) is 0 Å². The van der Waals surface area contributed by atoms with Crippen molar-refractivity contribution in [3.05, 3.63) is 22.3 Å². The van der Waals surface area contributed by atoms with Crippen LogP contribution in [0.15, 0.2) is 16.7 Å². The van der Waals surface area contributed by atoms with Gasteiger partial charge in [0.05, 0.1) is 5.56 Å². The van der Waals surface area contributed by atoms with Crippen molar-refractivity contribution < 1.29 is 4.79 Å². The highest BCUT2D eigenvalue weighted by Crippen LogP contribution is 2.50. The molecule has 1 aliphatic carbocycles. The van der Waals surface area contributed by atoms with Gasteiger partial charge in [-0.3, -0.25) is 4.79 Å². The number of nitrogens with two attached hydrogens (primary N) is 1. The summed E-state index contributed by atoms with van der Waals surface area (Å²) in [6.07, 6.45) is 2.75. The number of pyridine rings is 1. The lowest BCUT2D eigenvalue weighted by Crippen LogP contribution is -2.28. The number of halogens is 1. The minimum atomic E-state index is -0.153. The molecule has 6 heteroatoms. The average Bonchev–Trinajstić information content (AvgIpc) is 2.94. The second-order valence-electron chi connectivity index (χ2n) is 5.29. The Hall–Kier alpha value is -1.14. The maximum atomic E-state index is 12.1. The van der Waals surface area contributed by atoms with Gasteiger partial charge in [-0.05, 0) is 39.8 Å². The number of rotatable bonds is 4. The fourth-order valence-corrected chi connectivity index (χ4v) is 2.29. The maximum absolute atomic E-state index is 12.1. The van der Waals surface area contributed by atoms with Crippen LogP contribution >= 0.6 is 15.9 Å². The van der Waals surface area contributed by atoms with Crippen LogP contribution in [0.25, 0.3) is 0 Å². The van der Waals surface area contributed by atoms with Gasteiger partial charge in [0.25, 0.3) is 5.91 Å². The fraction of sp³-hybridized carbons (Fsp3) is 0.500. The van der Waals surface area contributed by atoms with Crippen molar-refractivity contribution in [2.45, 2.75) is 20.3 Å². The number of hydrogen-bond donors (Lipinski definition) is 3. The van der Waals surface area contributed by atoms with Gasteiger partial charge < -0.3 is 10.7 Å². The summed E-state index contributed by atoms with van der Waals surface area (Å²) < 4.78 is 0.749. The molecule has 1 amide bonds. The average molecular weight is 313 g/mol. The van der Waals surface area contributed by atoms with Crippen molar-refractivity contribution in [1.29, 1.82) is 0 Å². The zero-order valence-electron chi connectivity index (χ0n) is 10.5. The van der Waals surface area contributed by atoms with E-state index in [1.54, 1.807) is 12.3 Å². The molecule has 1 fully saturated rings. The SMILES string of the molecule is CC1(C)CC1CNC(=O)c1cc(Br)cnc1NN. The molecule has 1 aliphatic rings. The molecule has 0 aromatic carbocycles. The summed E-state index contributed by atoms with van der Waals surface area (Å²) in [5.41, 5.74) is 3.24. The van der Waals surface area contributed by atoms with Crippen LogP contribution in [0.2, 0.25) is 0 Å². The summed E-state index contributed by atoms with van der Waals surface area (Å²) in [5.74, 6) is 6.13. The zero-order chi connectivity index (χ0) is 13.3. The third-order valence-corrected chi connectivity index (χ3v) is 3.90. The smallest absolute Gasteiger partial charge is 0.255 e. The molecule has 4 N–H and O–H groups in total. The van der Waals surface area contributed by atoms with E-state index in [9.17, 15) is 4.79 Å². The van der Waals surface area contributed by atoms with Gasteiger partial charge in [-0.2, -0.15) is 0 Å². The highest BCUT2D eigenvalue weighted by atomic mass is 79.9. The number of hydrazine groups is 1. The lowest BCUT2D eigenvalue weighted by atomic mass is 10.1. The van der Waals surface area contributed by atoms with E-state index in [2.05, 4.69) is 45.5 Å². The van der Waals surface area contributed by atoms with Gasteiger partial charge in [0.2, 0.25) is 0 Å². The van der Waals surface area contributed by atoms with Gasteiger partial charge in [-0.25, -0.2) is 10.8 Å². The van der Waals surface area contributed by atoms with Crippen molar-refractivity contribution in [2.24, 2.45) is 17.2 Å². The molecule has 0 saturated heterocycles. The van der Waals surface area contributed by atoms with E-state index in [4.69, 9.17) is 5.84 Å². The van der Waals surface area contributed by atoms with Crippen molar-refractivity contribution in [1.82, 2.24) is 10.3 Å². The van der Waals surface area contributed by atoms with E-state index in [1.807, 2.05) is 0 Å². The minimum absolute atomic E-state index is 0.153. The van der Waals surface area contributed by atoms with Crippen molar-refractivity contribution in [3.63, 3.8) is 0 Å². The quantitative estimate of drug-likeness (QED) is 0.586. The topological polar surface area (TPSA) is 80.0 Å². The summed E-state index contributed by atoms with van der Waals surface area (Å²) >= 11 is 3.29. The van der Waals surface area contributed by atoms with Gasteiger partial charge in [-0.15, -0.1) is 0 Å². The maximum Gasteiger partial charge on any atom is 0.255 e. The number of nitrogen functional groups attached to an aromatic ring is 1. The van der Waals surface area contributed by atoms with E-state index >= 15 is 0 Å². The summed E-state index contributed by atoms with van der Waals surface area (Å²) in [5, 5.41) is 2.92. The lowest BCUT2D eigenvalue weighted by molar-refractivity contribution is 0.0951. The number of amides is 1. The third kappa shape index (κ3) is 2.81. The predicted molar refractivity (Wildman–Crippen MR) is 74.0 cm³/mol. The van der Waals surface area contributed by atoms with Crippen molar-refractivity contribution >= 4 is 27.7 Å². The molecule has 1 aromatic heterocycles. The van der Waals surface area contributed by atoms with E-state index in [-0.39, 0.29) is 5.91 Å². The number of hydrogen-bond acceptors (Lipinski definition) is 4. The molecule has 0 spiro atoms. The highest BCUT2D eigenvalue weighted by molar-refractivity contribution is 9.10. The summed E-state index contributed by atoms with van der Waals surface area (Å²) in [6, 6.07) is 1.70. The molecule has 0 bridgehead atoms. The Kier molecular flexibility index (Phi) is 3.59. The molecule has 5 nitrogen and oxygen atoms in total. The number of carbonyl (C=O) groups is 1. The summed E-state index contributed by atoms with van der Waals surface area (Å²) in [4.78, 5) is 16.1. The Morgan fingerprint density at radius 3 is 2.89 bits per heavy atom. The number of nitrogens with zero attached hydrogens (tertiary/aromatic N) is 1. The number of aromatic nitrogens is 1. The van der Waals surface area contributed by atoms with E-state index in [0.717, 1.165) is 10.9 Å². The van der Waals surface area contributed by atoms with Gasteiger partial charge in [0.1, 0.15) is 0 Å². The Labute approximate surface area is 115 Å². The molecule has 98 valence electrons. The predicted octanol–water partition coefficient (Wildman–Crippen LogP) is 1.91. The monoisotopic (exact) mass is 312 g/mol. The normalized spacial score (nSPS) is 20.3. The molecule has 18 heavy (non-hydrogen) atoms. The van der Waals surface area contributed by atoms with Gasteiger partial charge in [0, 0.05) is 17.2 Å². The van der Waals surface area contributed by atoms with E-state index < -0.39 is 0 Å². The van der Waals surface area contributed by atoms with Gasteiger partial charge in [0.15, 0.2) is 5.82 Å². The number of carbonyl (C=O) groups excluding carboxylic acids is 1. The van der Waals surface area contributed by atoms with Crippen molar-refractivity contribution in [3.8, 4) is 0 Å². The van der Waals surface area contributed by atoms with E-state index in [1.165, 1.54) is 0 Å². The minimum Gasteiger partial charge on any atom is -0.352 e. The molecule has 1 saturated carbocycles. The standard InChI is InChI=1S/C12H17BrN4O/c1-12(2)4-7(12)5-16-11(18)9-3-8(13)6-15-10(9)17-14/h3,6-7H,4-5,14H2,1-2H3,(H,15,17)(H,16,18). The molecule has 1 atom stereocenters. The van der Waals surface area contributed by atoms with Crippen LogP contribution in [0.4, 0.5) is 5.82 Å². The summed E-state index contributed by atoms with van der Waals surface area (Å²) in [6.45, 7) is 5.11. The van der Waals surface area contributed by atoms with Crippen LogP contribution in [0, 0.1) is 11.3 Å². The van der Waals surface area contributed by atoms with Crippen LogP contribution in [0.3, 0.4) is 0 Å². The Balaban J connectivity index is 2.02. The molecule has 1 unspecified atom stereocenters. The second kappa shape index (κ2) is 4.85. The van der Waals surface area contributed by atoms with Crippen LogP contribution in [-0.2, 0) is 0 Å². The third-order valence-electron chi connectivity index (χ3n) is 3.46.